The predicted molar refractivity (Wildman–Crippen MR) is 129 cm³/mol. The molecule has 172 valence electrons. The second-order valence-electron chi connectivity index (χ2n) is 8.73. The molecule has 0 amide bonds. The lowest BCUT2D eigenvalue weighted by Gasteiger charge is -2.39. The molecule has 6 heteroatoms. The van der Waals surface area contributed by atoms with E-state index >= 15 is 0 Å². The minimum atomic E-state index is -1.23. The number of hydrogen-bond acceptors (Lipinski definition) is 5. The van der Waals surface area contributed by atoms with E-state index in [1.165, 1.54) is 32.1 Å². The van der Waals surface area contributed by atoms with Crippen LogP contribution in [0.25, 0.3) is 0 Å². The van der Waals surface area contributed by atoms with E-state index in [1.54, 1.807) is 14.2 Å². The average molecular weight is 455 g/mol. The molecule has 5 nitrogen and oxygen atoms in total. The Morgan fingerprint density at radius 2 is 1.47 bits per heavy atom. The van der Waals surface area contributed by atoms with Crippen LogP contribution in [-0.4, -0.2) is 48.2 Å². The highest BCUT2D eigenvalue weighted by Gasteiger charge is 2.29. The van der Waals surface area contributed by atoms with Crippen LogP contribution in [0.4, 0.5) is 0 Å². The molecule has 0 spiro atoms. The van der Waals surface area contributed by atoms with Gasteiger partial charge < -0.3 is 14.5 Å². The summed E-state index contributed by atoms with van der Waals surface area (Å²) < 4.78 is 18.1. The molecule has 2 aliphatic rings. The first kappa shape index (κ1) is 23.0. The first-order chi connectivity index (χ1) is 15.7. The van der Waals surface area contributed by atoms with Crippen LogP contribution >= 0.6 is 0 Å². The minimum Gasteiger partial charge on any atom is -0.497 e. The Morgan fingerprint density at radius 1 is 0.875 bits per heavy atom. The molecule has 2 aromatic rings. The Labute approximate surface area is 194 Å². The SMILES string of the molecule is CO/N=C(\c1ccc(S(=O)c2ccc(OC)cc2)cc1)C1CCN(C2CCCCC2)CC1. The van der Waals surface area contributed by atoms with Gasteiger partial charge in [0.15, 0.2) is 0 Å². The molecule has 1 atom stereocenters. The monoisotopic (exact) mass is 454 g/mol. The van der Waals surface area contributed by atoms with Crippen LogP contribution in [0, 0.1) is 5.92 Å². The van der Waals surface area contributed by atoms with Gasteiger partial charge >= 0.3 is 0 Å². The zero-order valence-electron chi connectivity index (χ0n) is 19.2. The maximum Gasteiger partial charge on any atom is 0.118 e. The van der Waals surface area contributed by atoms with Crippen LogP contribution in [0.1, 0.15) is 50.5 Å². The molecule has 0 bridgehead atoms. The van der Waals surface area contributed by atoms with Crippen LogP contribution in [0.15, 0.2) is 63.5 Å². The second-order valence-corrected chi connectivity index (χ2v) is 10.2. The summed E-state index contributed by atoms with van der Waals surface area (Å²) in [5, 5.41) is 4.42. The van der Waals surface area contributed by atoms with Gasteiger partial charge in [-0.05, 0) is 80.7 Å². The van der Waals surface area contributed by atoms with Crippen molar-refractivity contribution >= 4 is 16.5 Å². The molecule has 2 fully saturated rings. The van der Waals surface area contributed by atoms with Crippen LogP contribution in [0.2, 0.25) is 0 Å². The number of hydrogen-bond donors (Lipinski definition) is 0. The Kier molecular flexibility index (Phi) is 7.98. The fourth-order valence-corrected chi connectivity index (χ4v) is 6.07. The molecule has 1 saturated heterocycles. The van der Waals surface area contributed by atoms with Crippen molar-refractivity contribution in [2.24, 2.45) is 11.1 Å². The summed E-state index contributed by atoms with van der Waals surface area (Å²) in [5.74, 6) is 1.16. The normalized spacial score (nSPS) is 20.1. The van der Waals surface area contributed by atoms with Gasteiger partial charge in [0.1, 0.15) is 12.9 Å². The quantitative estimate of drug-likeness (QED) is 0.423. The van der Waals surface area contributed by atoms with E-state index in [2.05, 4.69) is 10.1 Å². The Bertz CT molecular complexity index is 913. The Morgan fingerprint density at radius 3 is 2.03 bits per heavy atom. The van der Waals surface area contributed by atoms with E-state index in [-0.39, 0.29) is 0 Å². The number of nitrogens with zero attached hydrogens (tertiary/aromatic N) is 2. The average Bonchev–Trinajstić information content (AvgIpc) is 2.88. The molecular formula is C26H34N2O3S. The van der Waals surface area contributed by atoms with E-state index in [0.717, 1.165) is 58.8 Å². The van der Waals surface area contributed by atoms with Crippen molar-refractivity contribution in [2.75, 3.05) is 27.3 Å². The summed E-state index contributed by atoms with van der Waals surface area (Å²) in [6.45, 7) is 2.27. The third kappa shape index (κ3) is 5.41. The fourth-order valence-electron chi connectivity index (χ4n) is 5.03. The number of likely N-dealkylation sites (tertiary alicyclic amines) is 1. The van der Waals surface area contributed by atoms with Gasteiger partial charge in [-0.2, -0.15) is 0 Å². The highest BCUT2D eigenvalue weighted by Crippen LogP contribution is 2.29. The molecule has 0 radical (unpaired) electrons. The van der Waals surface area contributed by atoms with Gasteiger partial charge in [0.25, 0.3) is 0 Å². The number of benzene rings is 2. The molecule has 1 aliphatic carbocycles. The summed E-state index contributed by atoms with van der Waals surface area (Å²) in [5.41, 5.74) is 2.07. The molecule has 0 aromatic heterocycles. The predicted octanol–water partition coefficient (Wildman–Crippen LogP) is 5.26. The zero-order chi connectivity index (χ0) is 22.3. The lowest BCUT2D eigenvalue weighted by atomic mass is 9.86. The number of ether oxygens (including phenoxy) is 1. The summed E-state index contributed by atoms with van der Waals surface area (Å²) >= 11 is 0. The summed E-state index contributed by atoms with van der Waals surface area (Å²) in [4.78, 5) is 9.47. The molecule has 1 saturated carbocycles. The number of oxime groups is 1. The summed E-state index contributed by atoms with van der Waals surface area (Å²) in [6, 6.07) is 16.1. The standard InChI is InChI=1S/C26H34N2O3S/c1-30-23-10-14-25(15-11-23)32(29)24-12-8-20(9-13-24)26(27-31-2)21-16-18-28(19-17-21)22-6-4-3-5-7-22/h8-15,21-22H,3-7,16-19H2,1-2H3/b27-26+. The van der Waals surface area contributed by atoms with Crippen LogP contribution in [0.3, 0.4) is 0 Å². The van der Waals surface area contributed by atoms with Crippen molar-refractivity contribution in [3.63, 3.8) is 0 Å². The smallest absolute Gasteiger partial charge is 0.118 e. The lowest BCUT2D eigenvalue weighted by molar-refractivity contribution is 0.119. The lowest BCUT2D eigenvalue weighted by Crippen LogP contribution is -2.43. The van der Waals surface area contributed by atoms with Crippen molar-refractivity contribution in [2.45, 2.75) is 60.8 Å². The van der Waals surface area contributed by atoms with Crippen molar-refractivity contribution in [3.05, 3.63) is 54.1 Å². The van der Waals surface area contributed by atoms with E-state index in [1.807, 2.05) is 48.5 Å². The molecule has 0 N–H and O–H groups in total. The summed E-state index contributed by atoms with van der Waals surface area (Å²) in [7, 11) is 2.02. The second kappa shape index (κ2) is 11.1. The molecule has 32 heavy (non-hydrogen) atoms. The highest BCUT2D eigenvalue weighted by atomic mass is 32.2. The number of methoxy groups -OCH3 is 1. The summed E-state index contributed by atoms with van der Waals surface area (Å²) in [6.07, 6.45) is 9.09. The maximum absolute atomic E-state index is 13.0. The largest absolute Gasteiger partial charge is 0.497 e. The maximum atomic E-state index is 13.0. The topological polar surface area (TPSA) is 51.1 Å². The van der Waals surface area contributed by atoms with Crippen LogP contribution in [0.5, 0.6) is 5.75 Å². The van der Waals surface area contributed by atoms with Gasteiger partial charge in [0.2, 0.25) is 0 Å². The molecular weight excluding hydrogens is 420 g/mol. The van der Waals surface area contributed by atoms with Gasteiger partial charge in [-0.1, -0.05) is 36.6 Å². The van der Waals surface area contributed by atoms with E-state index in [9.17, 15) is 4.21 Å². The fraction of sp³-hybridized carbons (Fsp3) is 0.500. The zero-order valence-corrected chi connectivity index (χ0v) is 20.0. The van der Waals surface area contributed by atoms with Crippen molar-refractivity contribution in [1.82, 2.24) is 4.90 Å². The van der Waals surface area contributed by atoms with Gasteiger partial charge in [0.05, 0.1) is 23.6 Å². The van der Waals surface area contributed by atoms with Crippen molar-refractivity contribution in [1.29, 1.82) is 0 Å². The van der Waals surface area contributed by atoms with Gasteiger partial charge in [-0.3, -0.25) is 0 Å². The van der Waals surface area contributed by atoms with Gasteiger partial charge in [-0.15, -0.1) is 0 Å². The molecule has 4 rings (SSSR count). The van der Waals surface area contributed by atoms with Gasteiger partial charge in [-0.25, -0.2) is 4.21 Å². The van der Waals surface area contributed by atoms with Crippen LogP contribution in [-0.2, 0) is 15.6 Å². The number of piperidine rings is 1. The minimum absolute atomic E-state index is 0.396. The van der Waals surface area contributed by atoms with Gasteiger partial charge in [0, 0.05) is 21.8 Å². The van der Waals surface area contributed by atoms with Crippen molar-refractivity contribution < 1.29 is 13.8 Å². The molecule has 1 unspecified atom stereocenters. The van der Waals surface area contributed by atoms with E-state index < -0.39 is 10.8 Å². The number of rotatable bonds is 7. The third-order valence-electron chi connectivity index (χ3n) is 6.83. The van der Waals surface area contributed by atoms with E-state index in [0.29, 0.717) is 5.92 Å². The highest BCUT2D eigenvalue weighted by molar-refractivity contribution is 7.85. The Hall–Kier alpha value is -2.18. The third-order valence-corrected chi connectivity index (χ3v) is 8.24. The van der Waals surface area contributed by atoms with E-state index in [4.69, 9.17) is 9.57 Å². The molecule has 1 aliphatic heterocycles. The molecule has 1 heterocycles. The first-order valence-corrected chi connectivity index (χ1v) is 12.9. The van der Waals surface area contributed by atoms with Crippen molar-refractivity contribution in [3.8, 4) is 5.75 Å². The first-order valence-electron chi connectivity index (χ1n) is 11.7. The molecule has 2 aromatic carbocycles. The van der Waals surface area contributed by atoms with Crippen LogP contribution < -0.4 is 4.74 Å². The Balaban J connectivity index is 1.42.